The third kappa shape index (κ3) is 6.50. The van der Waals surface area contributed by atoms with E-state index in [9.17, 15) is 19.5 Å². The zero-order chi connectivity index (χ0) is 33.1. The second kappa shape index (κ2) is 14.0. The van der Waals surface area contributed by atoms with E-state index in [4.69, 9.17) is 19.9 Å². The molecule has 0 spiro atoms. The second-order valence-electron chi connectivity index (χ2n) is 12.4. The zero-order valence-corrected chi connectivity index (χ0v) is 26.9. The Labute approximate surface area is 274 Å². The van der Waals surface area contributed by atoms with Crippen LogP contribution >= 0.6 is 0 Å². The summed E-state index contributed by atoms with van der Waals surface area (Å²) in [6.07, 6.45) is 2.12. The number of carboxylic acid groups (broad SMARTS) is 1. The average Bonchev–Trinajstić information content (AvgIpc) is 3.79. The number of unbranched alkanes of at least 4 members (excludes halogenated alkanes) is 1. The van der Waals surface area contributed by atoms with Crippen molar-refractivity contribution in [3.05, 3.63) is 82.9 Å². The molecular formula is C36H42N4O7. The summed E-state index contributed by atoms with van der Waals surface area (Å²) in [5.74, 6) is -0.991. The molecule has 3 aromatic carbocycles. The summed E-state index contributed by atoms with van der Waals surface area (Å²) in [4.78, 5) is 46.1. The van der Waals surface area contributed by atoms with Gasteiger partial charge < -0.3 is 34.9 Å². The van der Waals surface area contributed by atoms with Gasteiger partial charge in [-0.15, -0.1) is 0 Å². The molecule has 3 atom stereocenters. The van der Waals surface area contributed by atoms with Gasteiger partial charge in [0, 0.05) is 55.9 Å². The number of ether oxygens (including phenoxy) is 3. The molecule has 3 aliphatic rings. The molecule has 6 rings (SSSR count). The van der Waals surface area contributed by atoms with Crippen molar-refractivity contribution in [3.8, 4) is 17.2 Å². The molecule has 1 unspecified atom stereocenters. The maximum Gasteiger partial charge on any atom is 0.308 e. The van der Waals surface area contributed by atoms with Gasteiger partial charge in [0.1, 0.15) is 0 Å². The SMILES string of the molecule is CCCCN(C(=O)CN1C[C@H](c2cc(OC)c3c(c2)OCO3)[C@@H](C(=O)O)C1CCN1Cc2ccccc2C1=O)c1cccc(CN)c1. The number of fused-ring (bicyclic) bond motifs is 2. The van der Waals surface area contributed by atoms with Crippen molar-refractivity contribution in [1.82, 2.24) is 9.80 Å². The highest BCUT2D eigenvalue weighted by atomic mass is 16.7. The Morgan fingerprint density at radius 2 is 1.94 bits per heavy atom. The summed E-state index contributed by atoms with van der Waals surface area (Å²) in [7, 11) is 1.54. The van der Waals surface area contributed by atoms with Crippen LogP contribution in [0.15, 0.2) is 60.7 Å². The van der Waals surface area contributed by atoms with Crippen LogP contribution in [0.4, 0.5) is 5.69 Å². The predicted molar refractivity (Wildman–Crippen MR) is 176 cm³/mol. The van der Waals surface area contributed by atoms with Crippen LogP contribution in [0.3, 0.4) is 0 Å². The van der Waals surface area contributed by atoms with Crippen LogP contribution in [-0.2, 0) is 22.7 Å². The minimum absolute atomic E-state index is 0.0252. The number of methoxy groups -OCH3 is 1. The lowest BCUT2D eigenvalue weighted by molar-refractivity contribution is -0.143. The number of rotatable bonds is 13. The third-order valence-electron chi connectivity index (χ3n) is 9.57. The van der Waals surface area contributed by atoms with Gasteiger partial charge >= 0.3 is 5.97 Å². The topological polar surface area (TPSA) is 135 Å². The van der Waals surface area contributed by atoms with Crippen LogP contribution in [0.2, 0.25) is 0 Å². The molecule has 1 fully saturated rings. The second-order valence-corrected chi connectivity index (χ2v) is 12.4. The van der Waals surface area contributed by atoms with Crippen LogP contribution in [0.1, 0.15) is 59.2 Å². The Balaban J connectivity index is 1.31. The van der Waals surface area contributed by atoms with Crippen LogP contribution in [0.5, 0.6) is 17.2 Å². The lowest BCUT2D eigenvalue weighted by atomic mass is 9.84. The monoisotopic (exact) mass is 642 g/mol. The number of nitrogens with zero attached hydrogens (tertiary/aromatic N) is 3. The van der Waals surface area contributed by atoms with E-state index >= 15 is 0 Å². The first kappa shape index (κ1) is 32.3. The molecule has 11 heteroatoms. The van der Waals surface area contributed by atoms with Crippen molar-refractivity contribution in [1.29, 1.82) is 0 Å². The molecule has 0 bridgehead atoms. The third-order valence-corrected chi connectivity index (χ3v) is 9.57. The van der Waals surface area contributed by atoms with Gasteiger partial charge in [0.15, 0.2) is 11.5 Å². The average molecular weight is 643 g/mol. The van der Waals surface area contributed by atoms with E-state index in [0.29, 0.717) is 62.0 Å². The van der Waals surface area contributed by atoms with Gasteiger partial charge in [-0.2, -0.15) is 0 Å². The number of carbonyl (C=O) groups is 3. The van der Waals surface area contributed by atoms with Crippen molar-refractivity contribution in [3.63, 3.8) is 0 Å². The van der Waals surface area contributed by atoms with E-state index in [0.717, 1.165) is 35.2 Å². The lowest BCUT2D eigenvalue weighted by Crippen LogP contribution is -2.45. The summed E-state index contributed by atoms with van der Waals surface area (Å²) in [6.45, 7) is 4.22. The summed E-state index contributed by atoms with van der Waals surface area (Å²) in [5, 5.41) is 10.7. The lowest BCUT2D eigenvalue weighted by Gasteiger charge is -2.31. The van der Waals surface area contributed by atoms with Gasteiger partial charge in [0.05, 0.1) is 19.6 Å². The molecule has 11 nitrogen and oxygen atoms in total. The smallest absolute Gasteiger partial charge is 0.308 e. The van der Waals surface area contributed by atoms with Crippen LogP contribution in [-0.4, -0.2) is 78.8 Å². The van der Waals surface area contributed by atoms with E-state index in [1.54, 1.807) is 9.80 Å². The van der Waals surface area contributed by atoms with Crippen LogP contribution in [0.25, 0.3) is 0 Å². The molecule has 248 valence electrons. The molecule has 0 aliphatic carbocycles. The van der Waals surface area contributed by atoms with Crippen molar-refractivity contribution in [2.75, 3.05) is 45.0 Å². The maximum atomic E-state index is 14.2. The van der Waals surface area contributed by atoms with Crippen molar-refractivity contribution >= 4 is 23.5 Å². The van der Waals surface area contributed by atoms with Gasteiger partial charge in [0.2, 0.25) is 18.4 Å². The van der Waals surface area contributed by atoms with Crippen molar-refractivity contribution in [2.24, 2.45) is 11.7 Å². The van der Waals surface area contributed by atoms with Gasteiger partial charge in [-0.25, -0.2) is 0 Å². The number of likely N-dealkylation sites (tertiary alicyclic amines) is 1. The van der Waals surface area contributed by atoms with Crippen LogP contribution in [0, 0.1) is 5.92 Å². The fraction of sp³-hybridized carbons (Fsp3) is 0.417. The first-order valence-electron chi connectivity index (χ1n) is 16.2. The molecule has 3 aliphatic heterocycles. The number of carbonyl (C=O) groups excluding carboxylic acids is 2. The summed E-state index contributed by atoms with van der Waals surface area (Å²) in [5.41, 5.74) is 9.99. The molecule has 0 aromatic heterocycles. The highest BCUT2D eigenvalue weighted by molar-refractivity contribution is 5.98. The molecule has 3 N–H and O–H groups in total. The van der Waals surface area contributed by atoms with Crippen molar-refractivity contribution < 1.29 is 33.7 Å². The Bertz CT molecular complexity index is 1650. The first-order valence-corrected chi connectivity index (χ1v) is 16.2. The Kier molecular flexibility index (Phi) is 9.65. The Morgan fingerprint density at radius 3 is 2.68 bits per heavy atom. The van der Waals surface area contributed by atoms with Crippen LogP contribution < -0.4 is 24.8 Å². The molecule has 1 saturated heterocycles. The fourth-order valence-corrected chi connectivity index (χ4v) is 7.16. The number of hydrogen-bond acceptors (Lipinski definition) is 8. The van der Waals surface area contributed by atoms with Gasteiger partial charge in [-0.1, -0.05) is 43.7 Å². The highest BCUT2D eigenvalue weighted by Crippen LogP contribution is 2.47. The summed E-state index contributed by atoms with van der Waals surface area (Å²) in [6, 6.07) is 18.3. The minimum atomic E-state index is -0.957. The summed E-state index contributed by atoms with van der Waals surface area (Å²) < 4.78 is 16.8. The summed E-state index contributed by atoms with van der Waals surface area (Å²) >= 11 is 0. The van der Waals surface area contributed by atoms with Gasteiger partial charge in [0.25, 0.3) is 5.91 Å². The minimum Gasteiger partial charge on any atom is -0.493 e. The molecule has 3 aromatic rings. The standard InChI is InChI=1S/C36H42N4O7/c1-3-4-13-40(26-10-7-8-23(15-26)18-37)32(41)21-39-20-28(25-16-30(45-2)34-31(17-25)46-22-47-34)33(36(43)44)29(39)12-14-38-19-24-9-5-6-11-27(24)35(38)42/h5-11,15-17,28-29,33H,3-4,12-14,18-22,37H2,1-2H3,(H,43,44)/t28-,29?,33-/m1/s1. The number of amides is 2. The molecule has 0 saturated carbocycles. The fourth-order valence-electron chi connectivity index (χ4n) is 7.16. The number of nitrogens with two attached hydrogens (primary N) is 1. The number of hydrogen-bond donors (Lipinski definition) is 2. The Morgan fingerprint density at radius 1 is 1.11 bits per heavy atom. The van der Waals surface area contributed by atoms with E-state index in [1.165, 1.54) is 7.11 Å². The highest BCUT2D eigenvalue weighted by Gasteiger charge is 2.48. The predicted octanol–water partition coefficient (Wildman–Crippen LogP) is 4.23. The molecule has 2 amide bonds. The molecular weight excluding hydrogens is 600 g/mol. The Hall–Kier alpha value is -4.61. The quantitative estimate of drug-likeness (QED) is 0.281. The number of aliphatic carboxylic acids is 1. The largest absolute Gasteiger partial charge is 0.493 e. The van der Waals surface area contributed by atoms with E-state index < -0.39 is 23.8 Å². The normalized spacial score (nSPS) is 20.0. The first-order chi connectivity index (χ1) is 22.8. The number of benzene rings is 3. The zero-order valence-electron chi connectivity index (χ0n) is 26.9. The van der Waals surface area contributed by atoms with Gasteiger partial charge in [-0.3, -0.25) is 19.3 Å². The van der Waals surface area contributed by atoms with Gasteiger partial charge in [-0.05, 0) is 59.9 Å². The molecule has 3 heterocycles. The number of anilines is 1. The van der Waals surface area contributed by atoms with E-state index in [-0.39, 0.29) is 25.2 Å². The number of carboxylic acids is 1. The van der Waals surface area contributed by atoms with Crippen molar-refractivity contribution in [2.45, 2.75) is 51.2 Å². The molecule has 47 heavy (non-hydrogen) atoms. The maximum absolute atomic E-state index is 14.2. The molecule has 0 radical (unpaired) electrons. The van der Waals surface area contributed by atoms with E-state index in [2.05, 4.69) is 6.92 Å². The van der Waals surface area contributed by atoms with E-state index in [1.807, 2.05) is 65.6 Å².